The van der Waals surface area contributed by atoms with Crippen LogP contribution in [0, 0.1) is 5.41 Å². The Bertz CT molecular complexity index is 334. The van der Waals surface area contributed by atoms with Crippen molar-refractivity contribution in [3.05, 3.63) is 29.8 Å². The molecule has 1 aromatic carbocycles. The Kier molecular flexibility index (Phi) is 2.93. The van der Waals surface area contributed by atoms with E-state index in [1.165, 1.54) is 0 Å². The molecule has 1 aromatic rings. The molecule has 82 valence electrons. The second kappa shape index (κ2) is 4.21. The summed E-state index contributed by atoms with van der Waals surface area (Å²) in [5.41, 5.74) is 6.87. The molecule has 2 N–H and O–H groups in total. The fraction of sp³-hybridized carbons (Fsp3) is 0.500. The minimum absolute atomic E-state index is 0.182. The summed E-state index contributed by atoms with van der Waals surface area (Å²) in [5, 5.41) is 0. The molecule has 2 rings (SSSR count). The third-order valence-corrected chi connectivity index (χ3v) is 2.67. The second-order valence-corrected chi connectivity index (χ2v) is 4.40. The van der Waals surface area contributed by atoms with Crippen molar-refractivity contribution in [1.29, 1.82) is 0 Å². The summed E-state index contributed by atoms with van der Waals surface area (Å²) in [6.07, 6.45) is 0. The summed E-state index contributed by atoms with van der Waals surface area (Å²) in [6, 6.07) is 7.90. The van der Waals surface area contributed by atoms with Crippen molar-refractivity contribution in [2.45, 2.75) is 13.5 Å². The molecule has 1 aliphatic heterocycles. The van der Waals surface area contributed by atoms with Crippen molar-refractivity contribution in [3.63, 3.8) is 0 Å². The highest BCUT2D eigenvalue weighted by atomic mass is 16.5. The van der Waals surface area contributed by atoms with E-state index < -0.39 is 0 Å². The fourth-order valence-electron chi connectivity index (χ4n) is 1.60. The normalized spacial score (nSPS) is 18.3. The molecule has 0 spiro atoms. The van der Waals surface area contributed by atoms with E-state index in [1.54, 1.807) is 0 Å². The van der Waals surface area contributed by atoms with Crippen molar-refractivity contribution in [2.24, 2.45) is 11.1 Å². The number of ether oxygens (including phenoxy) is 2. The van der Waals surface area contributed by atoms with Crippen molar-refractivity contribution >= 4 is 0 Å². The molecule has 0 unspecified atom stereocenters. The summed E-state index contributed by atoms with van der Waals surface area (Å²) in [6.45, 7) is 4.96. The van der Waals surface area contributed by atoms with Crippen LogP contribution in [-0.4, -0.2) is 19.8 Å². The van der Waals surface area contributed by atoms with Gasteiger partial charge in [0.15, 0.2) is 0 Å². The van der Waals surface area contributed by atoms with Gasteiger partial charge < -0.3 is 15.2 Å². The van der Waals surface area contributed by atoms with Crippen molar-refractivity contribution < 1.29 is 9.47 Å². The lowest BCUT2D eigenvalue weighted by Crippen LogP contribution is -2.44. The van der Waals surface area contributed by atoms with Crippen molar-refractivity contribution in [2.75, 3.05) is 19.8 Å². The van der Waals surface area contributed by atoms with Crippen LogP contribution in [0.3, 0.4) is 0 Å². The van der Waals surface area contributed by atoms with Crippen molar-refractivity contribution in [3.8, 4) is 5.75 Å². The SMILES string of the molecule is CC1(COc2ccccc2CN)COC1. The predicted octanol–water partition coefficient (Wildman–Crippen LogP) is 1.56. The van der Waals surface area contributed by atoms with Gasteiger partial charge in [0.05, 0.1) is 19.8 Å². The first-order valence-corrected chi connectivity index (χ1v) is 5.22. The highest BCUT2D eigenvalue weighted by Gasteiger charge is 2.34. The van der Waals surface area contributed by atoms with Crippen LogP contribution in [0.15, 0.2) is 24.3 Å². The van der Waals surface area contributed by atoms with Gasteiger partial charge in [-0.3, -0.25) is 0 Å². The highest BCUT2D eigenvalue weighted by Crippen LogP contribution is 2.28. The molecule has 0 bridgehead atoms. The second-order valence-electron chi connectivity index (χ2n) is 4.40. The first-order chi connectivity index (χ1) is 7.23. The fourth-order valence-corrected chi connectivity index (χ4v) is 1.60. The lowest BCUT2D eigenvalue weighted by Gasteiger charge is -2.37. The molecule has 0 saturated carbocycles. The van der Waals surface area contributed by atoms with Crippen LogP contribution in [0.4, 0.5) is 0 Å². The van der Waals surface area contributed by atoms with Gasteiger partial charge in [-0.15, -0.1) is 0 Å². The van der Waals surface area contributed by atoms with Crippen LogP contribution in [0.2, 0.25) is 0 Å². The molecule has 1 fully saturated rings. The van der Waals surface area contributed by atoms with E-state index in [0.717, 1.165) is 24.5 Å². The zero-order chi connectivity index (χ0) is 10.7. The summed E-state index contributed by atoms with van der Waals surface area (Å²) in [4.78, 5) is 0. The quantitative estimate of drug-likeness (QED) is 0.815. The molecule has 0 radical (unpaired) electrons. The van der Waals surface area contributed by atoms with Crippen LogP contribution in [0.25, 0.3) is 0 Å². The minimum Gasteiger partial charge on any atom is -0.493 e. The van der Waals surface area contributed by atoms with Gasteiger partial charge in [-0.25, -0.2) is 0 Å². The average molecular weight is 207 g/mol. The molecule has 3 heteroatoms. The molecule has 15 heavy (non-hydrogen) atoms. The number of benzene rings is 1. The number of para-hydroxylation sites is 1. The van der Waals surface area contributed by atoms with Gasteiger partial charge in [-0.2, -0.15) is 0 Å². The lowest BCUT2D eigenvalue weighted by molar-refractivity contribution is -0.120. The van der Waals surface area contributed by atoms with Gasteiger partial charge in [0.2, 0.25) is 0 Å². The first-order valence-electron chi connectivity index (χ1n) is 5.22. The molecule has 0 amide bonds. The van der Waals surface area contributed by atoms with Crippen LogP contribution in [0.1, 0.15) is 12.5 Å². The Morgan fingerprint density at radius 3 is 2.73 bits per heavy atom. The summed E-state index contributed by atoms with van der Waals surface area (Å²) < 4.78 is 11.0. The van der Waals surface area contributed by atoms with Crippen LogP contribution < -0.4 is 10.5 Å². The Morgan fingerprint density at radius 1 is 1.40 bits per heavy atom. The maximum atomic E-state index is 5.77. The smallest absolute Gasteiger partial charge is 0.123 e. The molecule has 3 nitrogen and oxygen atoms in total. The molecule has 0 atom stereocenters. The van der Waals surface area contributed by atoms with Gasteiger partial charge in [-0.1, -0.05) is 25.1 Å². The average Bonchev–Trinajstić information content (AvgIpc) is 2.24. The lowest BCUT2D eigenvalue weighted by atomic mass is 9.90. The molecule has 1 saturated heterocycles. The number of hydrogen-bond donors (Lipinski definition) is 1. The molecular formula is C12H17NO2. The summed E-state index contributed by atoms with van der Waals surface area (Å²) in [7, 11) is 0. The first kappa shape index (κ1) is 10.5. The van der Waals surface area contributed by atoms with Gasteiger partial charge in [0.25, 0.3) is 0 Å². The predicted molar refractivity (Wildman–Crippen MR) is 58.8 cm³/mol. The van der Waals surface area contributed by atoms with E-state index in [2.05, 4.69) is 6.92 Å². The molecular weight excluding hydrogens is 190 g/mol. The maximum absolute atomic E-state index is 5.77. The molecule has 0 aromatic heterocycles. The number of hydrogen-bond acceptors (Lipinski definition) is 3. The largest absolute Gasteiger partial charge is 0.493 e. The maximum Gasteiger partial charge on any atom is 0.123 e. The van der Waals surface area contributed by atoms with E-state index in [4.69, 9.17) is 15.2 Å². The van der Waals surface area contributed by atoms with Gasteiger partial charge >= 0.3 is 0 Å². The van der Waals surface area contributed by atoms with Gasteiger partial charge in [0, 0.05) is 17.5 Å². The Labute approximate surface area is 90.2 Å². The number of rotatable bonds is 4. The monoisotopic (exact) mass is 207 g/mol. The van der Waals surface area contributed by atoms with E-state index >= 15 is 0 Å². The number of nitrogens with two attached hydrogens (primary N) is 1. The third kappa shape index (κ3) is 2.30. The van der Waals surface area contributed by atoms with E-state index in [1.807, 2.05) is 24.3 Å². The molecule has 1 heterocycles. The zero-order valence-electron chi connectivity index (χ0n) is 9.03. The molecule has 1 aliphatic rings. The van der Waals surface area contributed by atoms with E-state index in [0.29, 0.717) is 13.2 Å². The zero-order valence-corrected chi connectivity index (χ0v) is 9.03. The standard InChI is InChI=1S/C12H17NO2/c1-12(7-14-8-12)9-15-11-5-3-2-4-10(11)6-13/h2-5H,6-9,13H2,1H3. The Balaban J connectivity index is 1.98. The van der Waals surface area contributed by atoms with E-state index in [9.17, 15) is 0 Å². The van der Waals surface area contributed by atoms with Crippen molar-refractivity contribution in [1.82, 2.24) is 0 Å². The molecule has 0 aliphatic carbocycles. The summed E-state index contributed by atoms with van der Waals surface area (Å²) in [5.74, 6) is 0.896. The van der Waals surface area contributed by atoms with Gasteiger partial charge in [-0.05, 0) is 6.07 Å². The highest BCUT2D eigenvalue weighted by molar-refractivity contribution is 5.33. The Hall–Kier alpha value is -1.06. The minimum atomic E-state index is 0.182. The van der Waals surface area contributed by atoms with E-state index in [-0.39, 0.29) is 5.41 Å². The topological polar surface area (TPSA) is 44.5 Å². The van der Waals surface area contributed by atoms with Crippen LogP contribution in [0.5, 0.6) is 5.75 Å². The third-order valence-electron chi connectivity index (χ3n) is 2.67. The summed E-state index contributed by atoms with van der Waals surface area (Å²) >= 11 is 0. The van der Waals surface area contributed by atoms with Crippen LogP contribution >= 0.6 is 0 Å². The van der Waals surface area contributed by atoms with Gasteiger partial charge in [0.1, 0.15) is 5.75 Å². The van der Waals surface area contributed by atoms with Crippen LogP contribution in [-0.2, 0) is 11.3 Å². The Morgan fingerprint density at radius 2 is 2.13 bits per heavy atom.